The minimum atomic E-state index is -0.583. The van der Waals surface area contributed by atoms with E-state index in [1.807, 2.05) is 6.92 Å². The number of nitrogens with two attached hydrogens (primary N) is 1. The van der Waals surface area contributed by atoms with Crippen LogP contribution in [0.25, 0.3) is 0 Å². The van der Waals surface area contributed by atoms with Crippen LogP contribution in [0.1, 0.15) is 25.7 Å². The fourth-order valence-corrected chi connectivity index (χ4v) is 2.01. The van der Waals surface area contributed by atoms with Gasteiger partial charge in [0.05, 0.1) is 11.3 Å². The highest BCUT2D eigenvalue weighted by atomic mass is 32.1. The molecular weight excluding hydrogens is 250 g/mol. The van der Waals surface area contributed by atoms with Crippen LogP contribution in [0.3, 0.4) is 0 Å². The first-order valence-electron chi connectivity index (χ1n) is 5.21. The summed E-state index contributed by atoms with van der Waals surface area (Å²) in [6, 6.07) is 8.27. The molecule has 0 aliphatic carbocycles. The van der Waals surface area contributed by atoms with E-state index in [0.717, 1.165) is 4.88 Å². The Morgan fingerprint density at radius 1 is 1.33 bits per heavy atom. The largest absolute Gasteiger partial charge is 0.366 e. The Hall–Kier alpha value is -2.21. The Morgan fingerprint density at radius 2 is 2.06 bits per heavy atom. The van der Waals surface area contributed by atoms with Crippen molar-refractivity contribution in [1.29, 1.82) is 0 Å². The van der Waals surface area contributed by atoms with E-state index in [1.54, 1.807) is 30.3 Å². The molecule has 0 radical (unpaired) electrons. The highest BCUT2D eigenvalue weighted by molar-refractivity contribution is 7.05. The Labute approximate surface area is 108 Å². The molecule has 0 aliphatic rings. The van der Waals surface area contributed by atoms with Crippen molar-refractivity contribution in [2.75, 3.05) is 5.32 Å². The van der Waals surface area contributed by atoms with Gasteiger partial charge in [0.2, 0.25) is 0 Å². The number of benzene rings is 1. The summed E-state index contributed by atoms with van der Waals surface area (Å²) in [6.45, 7) is 1.87. The smallest absolute Gasteiger partial charge is 0.275 e. The Kier molecular flexibility index (Phi) is 3.38. The molecule has 0 aliphatic heterocycles. The van der Waals surface area contributed by atoms with Gasteiger partial charge in [-0.25, -0.2) is 0 Å². The van der Waals surface area contributed by atoms with Gasteiger partial charge in [0.15, 0.2) is 0 Å². The molecule has 0 saturated carbocycles. The third kappa shape index (κ3) is 2.54. The highest BCUT2D eigenvalue weighted by Crippen LogP contribution is 2.16. The van der Waals surface area contributed by atoms with Crippen molar-refractivity contribution in [3.05, 3.63) is 46.5 Å². The number of aromatic nitrogens is 1. The Bertz CT molecular complexity index is 607. The third-order valence-electron chi connectivity index (χ3n) is 2.30. The number of anilines is 1. The summed E-state index contributed by atoms with van der Waals surface area (Å²) in [5.74, 6) is -0.937. The van der Waals surface area contributed by atoms with Crippen molar-refractivity contribution in [2.24, 2.45) is 5.73 Å². The van der Waals surface area contributed by atoms with E-state index in [4.69, 9.17) is 5.73 Å². The van der Waals surface area contributed by atoms with Gasteiger partial charge >= 0.3 is 0 Å². The van der Waals surface area contributed by atoms with Crippen molar-refractivity contribution in [3.63, 3.8) is 0 Å². The van der Waals surface area contributed by atoms with Gasteiger partial charge in [0.1, 0.15) is 5.69 Å². The second-order valence-electron chi connectivity index (χ2n) is 3.69. The van der Waals surface area contributed by atoms with Crippen molar-refractivity contribution in [2.45, 2.75) is 6.92 Å². The van der Waals surface area contributed by atoms with Crippen LogP contribution in [0, 0.1) is 6.92 Å². The molecule has 5 nitrogen and oxygen atoms in total. The van der Waals surface area contributed by atoms with E-state index in [0.29, 0.717) is 11.4 Å². The average Bonchev–Trinajstić information content (AvgIpc) is 2.76. The monoisotopic (exact) mass is 261 g/mol. The molecule has 6 heteroatoms. The minimum absolute atomic E-state index is 0.276. The van der Waals surface area contributed by atoms with E-state index in [-0.39, 0.29) is 11.5 Å². The topological polar surface area (TPSA) is 85.1 Å². The van der Waals surface area contributed by atoms with Gasteiger partial charge in [0.25, 0.3) is 11.8 Å². The summed E-state index contributed by atoms with van der Waals surface area (Å²) in [7, 11) is 0. The molecule has 2 aromatic rings. The van der Waals surface area contributed by atoms with Crippen LogP contribution < -0.4 is 11.1 Å². The summed E-state index contributed by atoms with van der Waals surface area (Å²) >= 11 is 1.25. The van der Waals surface area contributed by atoms with Crippen LogP contribution in [0.15, 0.2) is 30.3 Å². The number of carbonyl (C=O) groups is 2. The van der Waals surface area contributed by atoms with Gasteiger partial charge < -0.3 is 11.1 Å². The summed E-state index contributed by atoms with van der Waals surface area (Å²) in [6.07, 6.45) is 0. The molecule has 1 heterocycles. The fourth-order valence-electron chi connectivity index (χ4n) is 1.47. The van der Waals surface area contributed by atoms with Gasteiger partial charge in [-0.3, -0.25) is 9.59 Å². The van der Waals surface area contributed by atoms with Crippen LogP contribution in [0.4, 0.5) is 5.69 Å². The zero-order chi connectivity index (χ0) is 13.1. The number of hydrogen-bond acceptors (Lipinski definition) is 4. The summed E-state index contributed by atoms with van der Waals surface area (Å²) in [5.41, 5.74) is 6.22. The Balaban J connectivity index is 2.24. The minimum Gasteiger partial charge on any atom is -0.366 e. The number of nitrogens with one attached hydrogen (secondary N) is 1. The molecule has 0 saturated heterocycles. The molecule has 18 heavy (non-hydrogen) atoms. The number of carbonyl (C=O) groups excluding carboxylic acids is 2. The number of nitrogens with zero attached hydrogens (tertiary/aromatic N) is 1. The van der Waals surface area contributed by atoms with Crippen LogP contribution in [0.2, 0.25) is 0 Å². The second-order valence-corrected chi connectivity index (χ2v) is 4.70. The molecule has 92 valence electrons. The molecule has 0 unspecified atom stereocenters. The molecule has 1 aromatic carbocycles. The average molecular weight is 261 g/mol. The van der Waals surface area contributed by atoms with E-state index >= 15 is 0 Å². The Morgan fingerprint density at radius 3 is 2.67 bits per heavy atom. The van der Waals surface area contributed by atoms with Crippen LogP contribution >= 0.6 is 11.5 Å². The summed E-state index contributed by atoms with van der Waals surface area (Å²) in [4.78, 5) is 24.0. The maximum absolute atomic E-state index is 11.9. The normalized spacial score (nSPS) is 10.1. The number of amides is 2. The predicted molar refractivity (Wildman–Crippen MR) is 69.8 cm³/mol. The summed E-state index contributed by atoms with van der Waals surface area (Å²) < 4.78 is 4.00. The van der Waals surface area contributed by atoms with E-state index in [2.05, 4.69) is 9.69 Å². The van der Waals surface area contributed by atoms with Gasteiger partial charge in [-0.1, -0.05) is 12.1 Å². The number of primary amides is 1. The standard InChI is InChI=1S/C12H11N3O2S/c1-7-6-10(15-18-7)12(17)14-9-5-3-2-4-8(9)11(13)16/h2-6H,1H3,(H2,13,16)(H,14,17). The SMILES string of the molecule is Cc1cc(C(=O)Nc2ccccc2C(N)=O)ns1. The van der Waals surface area contributed by atoms with Crippen LogP contribution in [-0.4, -0.2) is 16.2 Å². The number of aryl methyl sites for hydroxylation is 1. The van der Waals surface area contributed by atoms with Crippen LogP contribution in [-0.2, 0) is 0 Å². The summed E-state index contributed by atoms with van der Waals surface area (Å²) in [5, 5.41) is 2.63. The second kappa shape index (κ2) is 4.97. The zero-order valence-electron chi connectivity index (χ0n) is 9.64. The number of hydrogen-bond donors (Lipinski definition) is 2. The molecule has 0 spiro atoms. The first-order chi connectivity index (χ1) is 8.58. The third-order valence-corrected chi connectivity index (χ3v) is 3.00. The van der Waals surface area contributed by atoms with Crippen molar-refractivity contribution >= 4 is 29.0 Å². The quantitative estimate of drug-likeness (QED) is 0.883. The van der Waals surface area contributed by atoms with Gasteiger partial charge in [-0.2, -0.15) is 4.37 Å². The molecule has 0 atom stereocenters. The molecule has 2 amide bonds. The van der Waals surface area contributed by atoms with Gasteiger partial charge in [-0.15, -0.1) is 0 Å². The lowest BCUT2D eigenvalue weighted by molar-refractivity contribution is 0.100. The number of para-hydroxylation sites is 1. The maximum Gasteiger partial charge on any atom is 0.275 e. The first-order valence-corrected chi connectivity index (χ1v) is 5.99. The van der Waals surface area contributed by atoms with Gasteiger partial charge in [0, 0.05) is 4.88 Å². The van der Waals surface area contributed by atoms with Gasteiger partial charge in [-0.05, 0) is 36.7 Å². The van der Waals surface area contributed by atoms with Crippen molar-refractivity contribution in [1.82, 2.24) is 4.37 Å². The first kappa shape index (κ1) is 12.3. The van der Waals surface area contributed by atoms with Crippen molar-refractivity contribution < 1.29 is 9.59 Å². The lowest BCUT2D eigenvalue weighted by Gasteiger charge is -2.06. The molecule has 3 N–H and O–H groups in total. The lowest BCUT2D eigenvalue weighted by atomic mass is 10.1. The molecular formula is C12H11N3O2S. The predicted octanol–water partition coefficient (Wildman–Crippen LogP) is 1.80. The van der Waals surface area contributed by atoms with E-state index in [9.17, 15) is 9.59 Å². The molecule has 0 fully saturated rings. The molecule has 1 aromatic heterocycles. The van der Waals surface area contributed by atoms with E-state index in [1.165, 1.54) is 11.5 Å². The fraction of sp³-hybridized carbons (Fsp3) is 0.0833. The lowest BCUT2D eigenvalue weighted by Crippen LogP contribution is -2.18. The highest BCUT2D eigenvalue weighted by Gasteiger charge is 2.13. The number of rotatable bonds is 3. The van der Waals surface area contributed by atoms with Crippen LogP contribution in [0.5, 0.6) is 0 Å². The van der Waals surface area contributed by atoms with E-state index < -0.39 is 5.91 Å². The maximum atomic E-state index is 11.9. The molecule has 2 rings (SSSR count). The van der Waals surface area contributed by atoms with Crippen molar-refractivity contribution in [3.8, 4) is 0 Å². The molecule has 0 bridgehead atoms. The zero-order valence-corrected chi connectivity index (χ0v) is 10.5.